The number of hydrogen-bond acceptors (Lipinski definition) is 2. The zero-order valence-electron chi connectivity index (χ0n) is 12.0. The number of nitrogens with one attached hydrogen (secondary N) is 1. The molecule has 1 aliphatic rings. The Bertz CT molecular complexity index is 534. The minimum atomic E-state index is -0.0250. The molecule has 1 aliphatic heterocycles. The van der Waals surface area contributed by atoms with Crippen molar-refractivity contribution in [3.8, 4) is 0 Å². The van der Waals surface area contributed by atoms with Crippen LogP contribution in [0.5, 0.6) is 0 Å². The molecule has 0 aliphatic carbocycles. The van der Waals surface area contributed by atoms with Crippen LogP contribution in [0, 0.1) is 0 Å². The van der Waals surface area contributed by atoms with E-state index in [2.05, 4.69) is 31.3 Å². The third-order valence-electron chi connectivity index (χ3n) is 3.40. The van der Waals surface area contributed by atoms with E-state index in [4.69, 9.17) is 12.2 Å². The zero-order valence-corrected chi connectivity index (χ0v) is 12.8. The summed E-state index contributed by atoms with van der Waals surface area (Å²) < 4.78 is 0. The third-order valence-corrected chi connectivity index (χ3v) is 3.72. The summed E-state index contributed by atoms with van der Waals surface area (Å²) in [5, 5.41) is 3.52. The molecule has 1 aromatic carbocycles. The summed E-state index contributed by atoms with van der Waals surface area (Å²) in [6.07, 6.45) is 4.89. The van der Waals surface area contributed by atoms with Gasteiger partial charge in [0.15, 0.2) is 5.11 Å². The highest BCUT2D eigenvalue weighted by Gasteiger charge is 2.29. The third kappa shape index (κ3) is 3.25. The highest BCUT2D eigenvalue weighted by atomic mass is 32.1. The molecule has 20 heavy (non-hydrogen) atoms. The van der Waals surface area contributed by atoms with Crippen LogP contribution in [0.2, 0.25) is 0 Å². The molecule has 1 aromatic rings. The maximum atomic E-state index is 12.3. The molecule has 0 unspecified atom stereocenters. The van der Waals surface area contributed by atoms with E-state index in [-0.39, 0.29) is 5.91 Å². The van der Waals surface area contributed by atoms with Gasteiger partial charge in [0.25, 0.3) is 5.91 Å². The molecule has 0 spiro atoms. The maximum Gasteiger partial charge on any atom is 0.276 e. The lowest BCUT2D eigenvalue weighted by molar-refractivity contribution is -0.122. The molecule has 2 rings (SSSR count). The van der Waals surface area contributed by atoms with Crippen LogP contribution < -0.4 is 5.32 Å². The van der Waals surface area contributed by atoms with Crippen LogP contribution in [-0.2, 0) is 11.2 Å². The Morgan fingerprint density at radius 2 is 1.95 bits per heavy atom. The van der Waals surface area contributed by atoms with E-state index in [9.17, 15) is 4.79 Å². The second-order valence-electron chi connectivity index (χ2n) is 4.89. The number of benzene rings is 1. The molecule has 0 bridgehead atoms. The standard InChI is InChI=1S/C16H20N2OS/c1-3-5-10-18-15(19)14(17-16(18)20)11-13-8-6-12(4-2)7-9-13/h6-9,11H,3-5,10H2,1-2H3,(H,17,20)/b14-11+. The van der Waals surface area contributed by atoms with Gasteiger partial charge in [-0.2, -0.15) is 0 Å². The van der Waals surface area contributed by atoms with Gasteiger partial charge in [-0.1, -0.05) is 44.5 Å². The fourth-order valence-electron chi connectivity index (χ4n) is 2.11. The molecular formula is C16H20N2OS. The van der Waals surface area contributed by atoms with Crippen LogP contribution in [-0.4, -0.2) is 22.5 Å². The normalized spacial score (nSPS) is 16.9. The molecule has 0 aromatic heterocycles. The van der Waals surface area contributed by atoms with Crippen LogP contribution in [0.1, 0.15) is 37.8 Å². The van der Waals surface area contributed by atoms with E-state index in [1.54, 1.807) is 4.90 Å². The molecule has 1 heterocycles. The lowest BCUT2D eigenvalue weighted by Crippen LogP contribution is -2.31. The zero-order chi connectivity index (χ0) is 14.5. The van der Waals surface area contributed by atoms with Gasteiger partial charge in [-0.25, -0.2) is 0 Å². The van der Waals surface area contributed by atoms with E-state index in [0.29, 0.717) is 17.4 Å². The molecule has 0 radical (unpaired) electrons. The Kier molecular flexibility index (Phi) is 4.90. The van der Waals surface area contributed by atoms with Crippen molar-refractivity contribution >= 4 is 29.3 Å². The minimum absolute atomic E-state index is 0.0250. The monoisotopic (exact) mass is 288 g/mol. The minimum Gasteiger partial charge on any atom is -0.328 e. The average Bonchev–Trinajstić information content (AvgIpc) is 2.72. The van der Waals surface area contributed by atoms with Crippen LogP contribution in [0.3, 0.4) is 0 Å². The second-order valence-corrected chi connectivity index (χ2v) is 5.28. The van der Waals surface area contributed by atoms with Gasteiger partial charge in [0.05, 0.1) is 0 Å². The van der Waals surface area contributed by atoms with E-state index in [1.807, 2.05) is 18.2 Å². The number of amides is 1. The first-order valence-electron chi connectivity index (χ1n) is 7.09. The summed E-state index contributed by atoms with van der Waals surface area (Å²) in [5.41, 5.74) is 2.87. The number of carbonyl (C=O) groups is 1. The van der Waals surface area contributed by atoms with Crippen LogP contribution in [0.15, 0.2) is 30.0 Å². The van der Waals surface area contributed by atoms with Crippen LogP contribution >= 0.6 is 12.2 Å². The fourth-order valence-corrected chi connectivity index (χ4v) is 2.39. The summed E-state index contributed by atoms with van der Waals surface area (Å²) in [7, 11) is 0. The summed E-state index contributed by atoms with van der Waals surface area (Å²) in [6.45, 7) is 4.91. The topological polar surface area (TPSA) is 32.3 Å². The maximum absolute atomic E-state index is 12.3. The van der Waals surface area contributed by atoms with Crippen molar-refractivity contribution in [3.63, 3.8) is 0 Å². The largest absolute Gasteiger partial charge is 0.328 e. The molecule has 1 fully saturated rings. The highest BCUT2D eigenvalue weighted by molar-refractivity contribution is 7.80. The highest BCUT2D eigenvalue weighted by Crippen LogP contribution is 2.15. The van der Waals surface area contributed by atoms with Crippen molar-refractivity contribution in [3.05, 3.63) is 41.1 Å². The van der Waals surface area contributed by atoms with Gasteiger partial charge in [0.2, 0.25) is 0 Å². The number of rotatable bonds is 5. The van der Waals surface area contributed by atoms with Crippen LogP contribution in [0.25, 0.3) is 6.08 Å². The van der Waals surface area contributed by atoms with Crippen molar-refractivity contribution < 1.29 is 4.79 Å². The van der Waals surface area contributed by atoms with Crippen LogP contribution in [0.4, 0.5) is 0 Å². The fraction of sp³-hybridized carbons (Fsp3) is 0.375. The number of carbonyl (C=O) groups excluding carboxylic acids is 1. The van der Waals surface area contributed by atoms with Crippen molar-refractivity contribution in [1.29, 1.82) is 0 Å². The quantitative estimate of drug-likeness (QED) is 0.667. The first kappa shape index (κ1) is 14.7. The molecule has 1 N–H and O–H groups in total. The summed E-state index contributed by atoms with van der Waals surface area (Å²) in [5.74, 6) is -0.0250. The smallest absolute Gasteiger partial charge is 0.276 e. The number of nitrogens with zero attached hydrogens (tertiary/aromatic N) is 1. The molecule has 1 saturated heterocycles. The molecule has 106 valence electrons. The van der Waals surface area contributed by atoms with E-state index in [1.165, 1.54) is 5.56 Å². The lowest BCUT2D eigenvalue weighted by atomic mass is 10.1. The van der Waals surface area contributed by atoms with Crippen molar-refractivity contribution in [2.45, 2.75) is 33.1 Å². The lowest BCUT2D eigenvalue weighted by Gasteiger charge is -2.12. The summed E-state index contributed by atoms with van der Waals surface area (Å²) in [6, 6.07) is 8.22. The first-order valence-corrected chi connectivity index (χ1v) is 7.50. The van der Waals surface area contributed by atoms with Gasteiger partial charge in [-0.05, 0) is 42.3 Å². The van der Waals surface area contributed by atoms with E-state index >= 15 is 0 Å². The molecule has 3 nitrogen and oxygen atoms in total. The first-order chi connectivity index (χ1) is 9.65. The molecule has 0 saturated carbocycles. The Balaban J connectivity index is 2.14. The van der Waals surface area contributed by atoms with Gasteiger partial charge < -0.3 is 5.32 Å². The Hall–Kier alpha value is -1.68. The predicted molar refractivity (Wildman–Crippen MR) is 86.2 cm³/mol. The van der Waals surface area contributed by atoms with E-state index < -0.39 is 0 Å². The second kappa shape index (κ2) is 6.66. The molecular weight excluding hydrogens is 268 g/mol. The average molecular weight is 288 g/mol. The number of hydrogen-bond donors (Lipinski definition) is 1. The van der Waals surface area contributed by atoms with Crippen molar-refractivity contribution in [2.75, 3.05) is 6.54 Å². The van der Waals surface area contributed by atoms with E-state index in [0.717, 1.165) is 24.8 Å². The summed E-state index contributed by atoms with van der Waals surface area (Å²) >= 11 is 5.22. The van der Waals surface area contributed by atoms with Gasteiger partial charge in [0.1, 0.15) is 5.70 Å². The SMILES string of the molecule is CCCCN1C(=O)/C(=C\c2ccc(CC)cc2)NC1=S. The van der Waals surface area contributed by atoms with Gasteiger partial charge in [-0.3, -0.25) is 9.69 Å². The summed E-state index contributed by atoms with van der Waals surface area (Å²) in [4.78, 5) is 13.9. The van der Waals surface area contributed by atoms with Gasteiger partial charge in [0, 0.05) is 6.54 Å². The number of unbranched alkanes of at least 4 members (excludes halogenated alkanes) is 1. The number of thiocarbonyl (C=S) groups is 1. The Labute approximate surface area is 125 Å². The van der Waals surface area contributed by atoms with Gasteiger partial charge >= 0.3 is 0 Å². The Morgan fingerprint density at radius 3 is 2.55 bits per heavy atom. The van der Waals surface area contributed by atoms with Crippen molar-refractivity contribution in [2.24, 2.45) is 0 Å². The molecule has 4 heteroatoms. The van der Waals surface area contributed by atoms with Gasteiger partial charge in [-0.15, -0.1) is 0 Å². The molecule has 0 atom stereocenters. The predicted octanol–water partition coefficient (Wildman–Crippen LogP) is 3.11. The number of aryl methyl sites for hydroxylation is 1. The molecule has 1 amide bonds. The Morgan fingerprint density at radius 1 is 1.25 bits per heavy atom. The van der Waals surface area contributed by atoms with Crippen molar-refractivity contribution in [1.82, 2.24) is 10.2 Å².